The monoisotopic (exact) mass is 365 g/mol. The number of rotatable bonds is 4. The Kier molecular flexibility index (Phi) is 4.73. The zero-order valence-electron chi connectivity index (χ0n) is 14.8. The van der Waals surface area contributed by atoms with Crippen molar-refractivity contribution in [1.82, 2.24) is 4.90 Å². The molecule has 1 aliphatic rings. The Morgan fingerprint density at radius 1 is 0.963 bits per heavy atom. The maximum absolute atomic E-state index is 14.3. The molecule has 0 aliphatic carbocycles. The van der Waals surface area contributed by atoms with Crippen molar-refractivity contribution in [3.8, 4) is 0 Å². The smallest absolute Gasteiger partial charge is 0.272 e. The minimum atomic E-state index is -0.574. The third-order valence-corrected chi connectivity index (χ3v) is 5.13. The van der Waals surface area contributed by atoms with Crippen molar-refractivity contribution in [1.29, 1.82) is 0 Å². The van der Waals surface area contributed by atoms with E-state index < -0.39 is 10.7 Å². The van der Waals surface area contributed by atoms with Gasteiger partial charge in [-0.25, -0.2) is 4.39 Å². The summed E-state index contributed by atoms with van der Waals surface area (Å²) in [5.41, 5.74) is 1.51. The minimum Gasteiger partial charge on any atom is -0.367 e. The van der Waals surface area contributed by atoms with E-state index in [1.807, 2.05) is 11.0 Å². The number of anilines is 1. The highest BCUT2D eigenvalue weighted by atomic mass is 19.1. The molecule has 3 aromatic carbocycles. The Hall–Kier alpha value is -2.99. The lowest BCUT2D eigenvalue weighted by molar-refractivity contribution is -0.385. The zero-order valence-corrected chi connectivity index (χ0v) is 14.8. The van der Waals surface area contributed by atoms with Crippen LogP contribution in [0.2, 0.25) is 0 Å². The van der Waals surface area contributed by atoms with Crippen LogP contribution < -0.4 is 4.90 Å². The van der Waals surface area contributed by atoms with Gasteiger partial charge in [-0.05, 0) is 22.4 Å². The van der Waals surface area contributed by atoms with Crippen LogP contribution in [0.1, 0.15) is 5.56 Å². The topological polar surface area (TPSA) is 49.6 Å². The van der Waals surface area contributed by atoms with Gasteiger partial charge in [0.2, 0.25) is 0 Å². The van der Waals surface area contributed by atoms with Crippen LogP contribution in [-0.4, -0.2) is 36.0 Å². The number of piperazine rings is 1. The molecule has 5 nitrogen and oxygen atoms in total. The fourth-order valence-corrected chi connectivity index (χ4v) is 3.68. The normalized spacial score (nSPS) is 15.2. The van der Waals surface area contributed by atoms with E-state index in [1.165, 1.54) is 28.5 Å². The van der Waals surface area contributed by atoms with Crippen LogP contribution in [-0.2, 0) is 6.54 Å². The second-order valence-corrected chi connectivity index (χ2v) is 6.79. The summed E-state index contributed by atoms with van der Waals surface area (Å²) in [6.45, 7) is 3.89. The summed E-state index contributed by atoms with van der Waals surface area (Å²) in [4.78, 5) is 14.5. The maximum atomic E-state index is 14.3. The average Bonchev–Trinajstić information content (AvgIpc) is 2.69. The first kappa shape index (κ1) is 17.4. The Morgan fingerprint density at radius 2 is 1.70 bits per heavy atom. The van der Waals surface area contributed by atoms with E-state index >= 15 is 0 Å². The summed E-state index contributed by atoms with van der Waals surface area (Å²) in [5.74, 6) is -0.535. The molecule has 6 heteroatoms. The number of hydrogen-bond acceptors (Lipinski definition) is 4. The number of nitrogens with zero attached hydrogens (tertiary/aromatic N) is 3. The van der Waals surface area contributed by atoms with E-state index in [1.54, 1.807) is 0 Å². The quantitative estimate of drug-likeness (QED) is 0.513. The van der Waals surface area contributed by atoms with Crippen LogP contribution >= 0.6 is 0 Å². The SMILES string of the molecule is O=[N+]([O-])c1ccc(N2CCN(Cc3cccc4ccccc34)CC2)c(F)c1. The molecule has 0 radical (unpaired) electrons. The summed E-state index contributed by atoms with van der Waals surface area (Å²) in [6, 6.07) is 18.6. The number of nitro groups is 1. The van der Waals surface area contributed by atoms with Gasteiger partial charge in [-0.2, -0.15) is 0 Å². The Bertz CT molecular complexity index is 979. The molecular formula is C21H20FN3O2. The van der Waals surface area contributed by atoms with Gasteiger partial charge in [0.05, 0.1) is 16.7 Å². The summed E-state index contributed by atoms with van der Waals surface area (Å²) < 4.78 is 14.3. The number of non-ortho nitro benzene ring substituents is 1. The molecule has 1 saturated heterocycles. The van der Waals surface area contributed by atoms with Crippen molar-refractivity contribution in [3.05, 3.63) is 82.2 Å². The summed E-state index contributed by atoms with van der Waals surface area (Å²) >= 11 is 0. The van der Waals surface area contributed by atoms with E-state index in [2.05, 4.69) is 41.3 Å². The zero-order chi connectivity index (χ0) is 18.8. The van der Waals surface area contributed by atoms with Crippen molar-refractivity contribution in [3.63, 3.8) is 0 Å². The molecule has 138 valence electrons. The fourth-order valence-electron chi connectivity index (χ4n) is 3.68. The molecule has 1 heterocycles. The molecule has 0 bridgehead atoms. The Morgan fingerprint density at radius 3 is 2.44 bits per heavy atom. The molecule has 0 N–H and O–H groups in total. The number of fused-ring (bicyclic) bond motifs is 1. The van der Waals surface area contributed by atoms with Crippen molar-refractivity contribution in [2.75, 3.05) is 31.1 Å². The van der Waals surface area contributed by atoms with E-state index in [9.17, 15) is 14.5 Å². The molecule has 0 atom stereocenters. The minimum absolute atomic E-state index is 0.217. The van der Waals surface area contributed by atoms with Crippen molar-refractivity contribution in [2.45, 2.75) is 6.54 Å². The van der Waals surface area contributed by atoms with Gasteiger partial charge in [0, 0.05) is 38.8 Å². The van der Waals surface area contributed by atoms with Gasteiger partial charge in [0.25, 0.3) is 5.69 Å². The maximum Gasteiger partial charge on any atom is 0.272 e. The molecule has 4 rings (SSSR count). The third-order valence-electron chi connectivity index (χ3n) is 5.13. The van der Waals surface area contributed by atoms with Crippen LogP contribution in [0.25, 0.3) is 10.8 Å². The molecule has 0 unspecified atom stereocenters. The molecular weight excluding hydrogens is 345 g/mol. The molecule has 0 aromatic heterocycles. The van der Waals surface area contributed by atoms with Gasteiger partial charge in [0.15, 0.2) is 5.82 Å². The number of halogens is 1. The van der Waals surface area contributed by atoms with Crippen LogP contribution in [0, 0.1) is 15.9 Å². The first-order chi connectivity index (χ1) is 13.1. The lowest BCUT2D eigenvalue weighted by atomic mass is 10.0. The highest BCUT2D eigenvalue weighted by Gasteiger charge is 2.21. The van der Waals surface area contributed by atoms with Crippen molar-refractivity contribution in [2.24, 2.45) is 0 Å². The lowest BCUT2D eigenvalue weighted by Crippen LogP contribution is -2.46. The summed E-state index contributed by atoms with van der Waals surface area (Å²) in [5, 5.41) is 13.3. The van der Waals surface area contributed by atoms with Crippen molar-refractivity contribution >= 4 is 22.1 Å². The van der Waals surface area contributed by atoms with E-state index in [0.29, 0.717) is 18.8 Å². The van der Waals surface area contributed by atoms with Gasteiger partial charge < -0.3 is 4.90 Å². The van der Waals surface area contributed by atoms with Gasteiger partial charge in [0.1, 0.15) is 0 Å². The largest absolute Gasteiger partial charge is 0.367 e. The Balaban J connectivity index is 1.44. The van der Waals surface area contributed by atoms with Gasteiger partial charge >= 0.3 is 0 Å². The third kappa shape index (κ3) is 3.61. The molecule has 1 fully saturated rings. The van der Waals surface area contributed by atoms with Crippen molar-refractivity contribution < 1.29 is 9.31 Å². The predicted octanol–water partition coefficient (Wildman–Crippen LogP) is 4.21. The van der Waals surface area contributed by atoms with Gasteiger partial charge in [-0.3, -0.25) is 15.0 Å². The number of nitro benzene ring substituents is 1. The van der Waals surface area contributed by atoms with Crippen LogP contribution in [0.4, 0.5) is 15.8 Å². The highest BCUT2D eigenvalue weighted by Crippen LogP contribution is 2.26. The number of hydrogen-bond donors (Lipinski definition) is 0. The molecule has 0 amide bonds. The van der Waals surface area contributed by atoms with Crippen LogP contribution in [0.3, 0.4) is 0 Å². The fraction of sp³-hybridized carbons (Fsp3) is 0.238. The first-order valence-corrected chi connectivity index (χ1v) is 9.00. The summed E-state index contributed by atoms with van der Waals surface area (Å²) in [7, 11) is 0. The molecule has 0 saturated carbocycles. The van der Waals surface area contributed by atoms with Gasteiger partial charge in [-0.1, -0.05) is 42.5 Å². The van der Waals surface area contributed by atoms with E-state index in [4.69, 9.17) is 0 Å². The standard InChI is InChI=1S/C21H20FN3O2/c22-20-14-18(25(26)27)8-9-21(20)24-12-10-23(11-13-24)15-17-6-3-5-16-4-1-2-7-19(16)17/h1-9,14H,10-13,15H2. The van der Waals surface area contributed by atoms with Crippen LogP contribution in [0.15, 0.2) is 60.7 Å². The average molecular weight is 365 g/mol. The summed E-state index contributed by atoms with van der Waals surface area (Å²) in [6.07, 6.45) is 0. The number of benzene rings is 3. The second-order valence-electron chi connectivity index (χ2n) is 6.79. The highest BCUT2D eigenvalue weighted by molar-refractivity contribution is 5.85. The van der Waals surface area contributed by atoms with E-state index in [0.717, 1.165) is 25.7 Å². The lowest BCUT2D eigenvalue weighted by Gasteiger charge is -2.36. The predicted molar refractivity (Wildman–Crippen MR) is 104 cm³/mol. The van der Waals surface area contributed by atoms with Gasteiger partial charge in [-0.15, -0.1) is 0 Å². The first-order valence-electron chi connectivity index (χ1n) is 9.00. The molecule has 0 spiro atoms. The Labute approximate surface area is 156 Å². The second kappa shape index (κ2) is 7.32. The molecule has 1 aliphatic heterocycles. The van der Waals surface area contributed by atoms with Crippen LogP contribution in [0.5, 0.6) is 0 Å². The molecule has 3 aromatic rings. The molecule has 27 heavy (non-hydrogen) atoms. The van der Waals surface area contributed by atoms with E-state index in [-0.39, 0.29) is 5.69 Å².